The van der Waals surface area contributed by atoms with E-state index in [1.165, 1.54) is 0 Å². The second-order valence-electron chi connectivity index (χ2n) is 6.08. The van der Waals surface area contributed by atoms with E-state index < -0.39 is 17.4 Å². The smallest absolute Gasteiger partial charge is 0.404 e. The van der Waals surface area contributed by atoms with Crippen molar-refractivity contribution in [3.05, 3.63) is 0 Å². The Bertz CT molecular complexity index is 557. The lowest BCUT2D eigenvalue weighted by Gasteiger charge is -2.43. The van der Waals surface area contributed by atoms with Crippen LogP contribution in [-0.4, -0.2) is 58.0 Å². The number of primary amides is 1. The third kappa shape index (κ3) is 1.76. The van der Waals surface area contributed by atoms with Crippen molar-refractivity contribution in [3.8, 4) is 0 Å². The van der Waals surface area contributed by atoms with Gasteiger partial charge >= 0.3 is 12.1 Å². The number of nitrogens with two attached hydrogens (primary N) is 3. The number of nitrogens with one attached hydrogen (secondary N) is 1. The van der Waals surface area contributed by atoms with Crippen LogP contribution in [0.15, 0.2) is 4.99 Å². The fourth-order valence-corrected chi connectivity index (χ4v) is 3.90. The highest BCUT2D eigenvalue weighted by molar-refractivity contribution is 5.84. The van der Waals surface area contributed by atoms with Crippen molar-refractivity contribution in [2.45, 2.75) is 37.1 Å². The third-order valence-corrected chi connectivity index (χ3v) is 4.80. The summed E-state index contributed by atoms with van der Waals surface area (Å²) in [6.45, 7) is 2.38. The van der Waals surface area contributed by atoms with E-state index in [1.54, 1.807) is 6.92 Å². The van der Waals surface area contributed by atoms with Crippen LogP contribution < -0.4 is 22.5 Å². The molecule has 1 spiro atoms. The largest absolute Gasteiger partial charge is 0.446 e. The number of ether oxygens (including phenoxy) is 1. The molecule has 0 saturated carbocycles. The molecule has 9 heteroatoms. The quantitative estimate of drug-likeness (QED) is 0.358. The van der Waals surface area contributed by atoms with Crippen LogP contribution in [0.3, 0.4) is 0 Å². The van der Waals surface area contributed by atoms with Gasteiger partial charge in [0.15, 0.2) is 0 Å². The molecule has 0 aromatic heterocycles. The summed E-state index contributed by atoms with van der Waals surface area (Å²) in [7, 11) is 0. The number of aliphatic imine (C=N–C) groups is 1. The number of hydrogen-bond donors (Lipinski definition) is 5. The van der Waals surface area contributed by atoms with Crippen LogP contribution in [0.1, 0.15) is 19.8 Å². The standard InChI is InChI=1S/C12H20N6O3/c1-11(20)2-3-18-9(14)16-7(5-21-10(15)19)6-4-8(13)17-12(6,11)18/h6-7,20H,2-5H2,1H3,(H6,13,14,15,16,17,19)/p+1/t6?,7-,11-,12?/m0/s1. The molecule has 9 nitrogen and oxygen atoms in total. The second kappa shape index (κ2) is 4.23. The van der Waals surface area contributed by atoms with E-state index >= 15 is 0 Å². The Kier molecular flexibility index (Phi) is 2.81. The van der Waals surface area contributed by atoms with Gasteiger partial charge in [-0.25, -0.2) is 14.4 Å². The zero-order valence-corrected chi connectivity index (χ0v) is 11.9. The van der Waals surface area contributed by atoms with Gasteiger partial charge in [0.2, 0.25) is 5.66 Å². The van der Waals surface area contributed by atoms with Crippen LogP contribution >= 0.6 is 0 Å². The van der Waals surface area contributed by atoms with E-state index in [2.05, 4.69) is 10.3 Å². The van der Waals surface area contributed by atoms with Gasteiger partial charge < -0.3 is 21.3 Å². The highest BCUT2D eigenvalue weighted by atomic mass is 16.5. The van der Waals surface area contributed by atoms with E-state index in [1.807, 2.05) is 4.58 Å². The summed E-state index contributed by atoms with van der Waals surface area (Å²) < 4.78 is 6.76. The number of amides is 1. The van der Waals surface area contributed by atoms with Crippen molar-refractivity contribution < 1.29 is 19.2 Å². The Morgan fingerprint density at radius 3 is 3.00 bits per heavy atom. The lowest BCUT2D eigenvalue weighted by Crippen LogP contribution is -2.69. The summed E-state index contributed by atoms with van der Waals surface area (Å²) in [5.41, 5.74) is 15.1. The first kappa shape index (κ1) is 13.9. The molecule has 0 radical (unpaired) electrons. The highest BCUT2D eigenvalue weighted by Crippen LogP contribution is 2.49. The number of guanidine groups is 1. The molecule has 0 aliphatic carbocycles. The normalized spacial score (nSPS) is 41.1. The number of rotatable bonds is 2. The average Bonchev–Trinajstić information content (AvgIpc) is 2.85. The van der Waals surface area contributed by atoms with E-state index in [-0.39, 0.29) is 18.6 Å². The third-order valence-electron chi connectivity index (χ3n) is 4.80. The Labute approximate surface area is 121 Å². The number of amidine groups is 1. The van der Waals surface area contributed by atoms with Crippen molar-refractivity contribution in [2.24, 2.45) is 28.1 Å². The summed E-state index contributed by atoms with van der Waals surface area (Å²) in [5, 5.41) is 14.0. The molecule has 1 amide bonds. The first-order valence-corrected chi connectivity index (χ1v) is 6.93. The minimum atomic E-state index is -1.06. The molecule has 3 heterocycles. The lowest BCUT2D eigenvalue weighted by atomic mass is 9.76. The van der Waals surface area contributed by atoms with Gasteiger partial charge in [-0.1, -0.05) is 0 Å². The topological polar surface area (TPSA) is 152 Å². The molecule has 0 aromatic rings. The molecule has 4 atom stereocenters. The number of carbonyl (C=O) groups is 1. The van der Waals surface area contributed by atoms with Gasteiger partial charge in [-0.2, -0.15) is 0 Å². The van der Waals surface area contributed by atoms with E-state index in [0.29, 0.717) is 31.2 Å². The van der Waals surface area contributed by atoms with Crippen LogP contribution in [0.5, 0.6) is 0 Å². The number of nitrogens with zero attached hydrogens (tertiary/aromatic N) is 2. The van der Waals surface area contributed by atoms with Crippen LogP contribution in [0.25, 0.3) is 0 Å². The summed E-state index contributed by atoms with van der Waals surface area (Å²) in [5.74, 6) is 0.718. The first-order valence-electron chi connectivity index (χ1n) is 6.93. The molecule has 0 bridgehead atoms. The van der Waals surface area contributed by atoms with Gasteiger partial charge in [-0.15, -0.1) is 0 Å². The molecule has 3 aliphatic rings. The maximum atomic E-state index is 10.9. The second-order valence-corrected chi connectivity index (χ2v) is 6.08. The summed E-state index contributed by atoms with van der Waals surface area (Å²) in [6, 6.07) is -0.303. The van der Waals surface area contributed by atoms with Gasteiger partial charge in [-0.3, -0.25) is 11.1 Å². The van der Waals surface area contributed by atoms with Crippen LogP contribution in [0.2, 0.25) is 0 Å². The molecule has 116 valence electrons. The minimum Gasteiger partial charge on any atom is -0.446 e. The van der Waals surface area contributed by atoms with Crippen molar-refractivity contribution in [1.29, 1.82) is 0 Å². The summed E-state index contributed by atoms with van der Waals surface area (Å²) in [6.07, 6.45) is 0.183. The van der Waals surface area contributed by atoms with Gasteiger partial charge in [0, 0.05) is 12.8 Å². The van der Waals surface area contributed by atoms with E-state index in [4.69, 9.17) is 21.9 Å². The van der Waals surface area contributed by atoms with Crippen LogP contribution in [0.4, 0.5) is 4.79 Å². The fraction of sp³-hybridized carbons (Fsp3) is 0.750. The minimum absolute atomic E-state index is 0.0508. The van der Waals surface area contributed by atoms with Gasteiger partial charge in [0.05, 0.1) is 18.3 Å². The molecular weight excluding hydrogens is 276 g/mol. The SMILES string of the molecule is C[C@]1(O)CC[N+]2=C(N)N[C@@H](COC(N)=O)C3CC(N)=NC321. The maximum Gasteiger partial charge on any atom is 0.404 e. The lowest BCUT2D eigenvalue weighted by molar-refractivity contribution is -0.614. The highest BCUT2D eigenvalue weighted by Gasteiger charge is 2.68. The Morgan fingerprint density at radius 2 is 2.33 bits per heavy atom. The van der Waals surface area contributed by atoms with Gasteiger partial charge in [0.25, 0.3) is 0 Å². The molecule has 8 N–H and O–H groups in total. The molecule has 21 heavy (non-hydrogen) atoms. The van der Waals surface area contributed by atoms with Crippen LogP contribution in [-0.2, 0) is 4.74 Å². The maximum absolute atomic E-state index is 10.9. The number of hydrogen-bond acceptors (Lipinski definition) is 7. The molecular formula is C12H21N6O3+. The number of carbonyl (C=O) groups excluding carboxylic acids is 1. The van der Waals surface area contributed by atoms with Crippen molar-refractivity contribution >= 4 is 17.9 Å². The summed E-state index contributed by atoms with van der Waals surface area (Å²) in [4.78, 5) is 15.4. The van der Waals surface area contributed by atoms with Gasteiger partial charge in [-0.05, 0) is 6.92 Å². The Hall–Kier alpha value is -2.03. The summed E-state index contributed by atoms with van der Waals surface area (Å²) >= 11 is 0. The zero-order valence-electron chi connectivity index (χ0n) is 11.9. The zero-order chi connectivity index (χ0) is 15.4. The van der Waals surface area contributed by atoms with Crippen molar-refractivity contribution in [2.75, 3.05) is 13.2 Å². The average molecular weight is 297 g/mol. The van der Waals surface area contributed by atoms with E-state index in [9.17, 15) is 9.90 Å². The number of aliphatic hydroxyl groups is 1. The Morgan fingerprint density at radius 1 is 1.62 bits per heavy atom. The van der Waals surface area contributed by atoms with Crippen molar-refractivity contribution in [3.63, 3.8) is 0 Å². The van der Waals surface area contributed by atoms with Crippen molar-refractivity contribution in [1.82, 2.24) is 5.32 Å². The predicted octanol–water partition coefficient (Wildman–Crippen LogP) is -2.39. The molecule has 1 saturated heterocycles. The molecule has 1 fully saturated rings. The monoisotopic (exact) mass is 297 g/mol. The first-order chi connectivity index (χ1) is 9.78. The molecule has 3 aliphatic heterocycles. The molecule has 3 rings (SSSR count). The Balaban J connectivity index is 2.03. The predicted molar refractivity (Wildman–Crippen MR) is 74.5 cm³/mol. The fourth-order valence-electron chi connectivity index (χ4n) is 3.90. The van der Waals surface area contributed by atoms with Crippen LogP contribution in [0, 0.1) is 5.92 Å². The van der Waals surface area contributed by atoms with Gasteiger partial charge in [0.1, 0.15) is 18.2 Å². The molecule has 0 aromatic carbocycles. The van der Waals surface area contributed by atoms with E-state index in [0.717, 1.165) is 0 Å². The molecule has 2 unspecified atom stereocenters.